The van der Waals surface area contributed by atoms with E-state index in [1.54, 1.807) is 11.8 Å². The van der Waals surface area contributed by atoms with Gasteiger partial charge in [0.05, 0.1) is 5.69 Å². The van der Waals surface area contributed by atoms with Crippen molar-refractivity contribution < 1.29 is 4.79 Å². The van der Waals surface area contributed by atoms with Crippen LogP contribution in [-0.2, 0) is 4.79 Å². The van der Waals surface area contributed by atoms with E-state index in [1.165, 1.54) is 4.90 Å². The number of amides is 1. The Morgan fingerprint density at radius 2 is 2.00 bits per heavy atom. The van der Waals surface area contributed by atoms with E-state index in [0.717, 1.165) is 11.4 Å². The van der Waals surface area contributed by atoms with Gasteiger partial charge in [-0.15, -0.1) is 11.8 Å². The van der Waals surface area contributed by atoms with Crippen molar-refractivity contribution in [3.8, 4) is 0 Å². The highest BCUT2D eigenvalue weighted by molar-refractivity contribution is 7.99. The monoisotopic (exact) mass is 209 g/mol. The van der Waals surface area contributed by atoms with E-state index < -0.39 is 0 Å². The van der Waals surface area contributed by atoms with Gasteiger partial charge in [-0.3, -0.25) is 4.79 Å². The zero-order valence-corrected chi connectivity index (χ0v) is 9.36. The molecule has 0 aliphatic carbocycles. The number of hydrogen-bond donors (Lipinski definition) is 1. The maximum absolute atomic E-state index is 11.1. The van der Waals surface area contributed by atoms with E-state index >= 15 is 0 Å². The van der Waals surface area contributed by atoms with E-state index in [1.807, 2.05) is 38.1 Å². The Labute approximate surface area is 89.1 Å². The Morgan fingerprint density at radius 1 is 1.29 bits per heavy atom. The molecular weight excluding hydrogens is 194 g/mol. The van der Waals surface area contributed by atoms with E-state index in [2.05, 4.69) is 5.32 Å². The number of thioether (sulfide) groups is 1. The number of carbonyl (C=O) groups is 1. The summed E-state index contributed by atoms with van der Waals surface area (Å²) in [6.45, 7) is 4.00. The summed E-state index contributed by atoms with van der Waals surface area (Å²) in [7, 11) is 0. The van der Waals surface area contributed by atoms with Crippen molar-refractivity contribution in [2.45, 2.75) is 25.2 Å². The molecule has 0 aromatic heterocycles. The quantitative estimate of drug-likeness (QED) is 0.711. The Kier molecular flexibility index (Phi) is 4.53. The van der Waals surface area contributed by atoms with Crippen LogP contribution in [0.5, 0.6) is 0 Å². The van der Waals surface area contributed by atoms with Gasteiger partial charge in [0.1, 0.15) is 0 Å². The first-order chi connectivity index (χ1) is 6.86. The van der Waals surface area contributed by atoms with Crippen LogP contribution < -0.4 is 5.32 Å². The summed E-state index contributed by atoms with van der Waals surface area (Å²) < 4.78 is 0. The molecule has 1 aliphatic rings. The van der Waals surface area contributed by atoms with Gasteiger partial charge in [0.15, 0.2) is 0 Å². The van der Waals surface area contributed by atoms with Crippen molar-refractivity contribution in [1.82, 2.24) is 0 Å². The predicted molar refractivity (Wildman–Crippen MR) is 61.8 cm³/mol. The highest BCUT2D eigenvalue weighted by atomic mass is 32.2. The zero-order valence-electron chi connectivity index (χ0n) is 8.54. The van der Waals surface area contributed by atoms with Crippen molar-refractivity contribution in [1.29, 1.82) is 0 Å². The Balaban J connectivity index is 0.000000461. The minimum absolute atomic E-state index is 0.118. The minimum atomic E-state index is 0.118. The van der Waals surface area contributed by atoms with Crippen LogP contribution in [0.25, 0.3) is 0 Å². The Bertz CT molecular complexity index is 312. The highest BCUT2D eigenvalue weighted by Gasteiger charge is 2.11. The summed E-state index contributed by atoms with van der Waals surface area (Å²) in [5.41, 5.74) is 0.949. The van der Waals surface area contributed by atoms with Gasteiger partial charge in [-0.1, -0.05) is 26.0 Å². The molecule has 2 nitrogen and oxygen atoms in total. The smallest absolute Gasteiger partial charge is 0.225 e. The molecule has 1 amide bonds. The number of benzene rings is 1. The third kappa shape index (κ3) is 2.77. The van der Waals surface area contributed by atoms with Crippen molar-refractivity contribution in [3.05, 3.63) is 24.3 Å². The number of rotatable bonds is 0. The molecule has 0 saturated carbocycles. The second kappa shape index (κ2) is 5.70. The standard InChI is InChI=1S/C9H9NOS.C2H6/c11-9-5-6-12-8-4-2-1-3-7(8)10-9;1-2/h1-4H,5-6H2,(H,10,11);1-2H3. The summed E-state index contributed by atoms with van der Waals surface area (Å²) in [6, 6.07) is 7.89. The number of carbonyl (C=O) groups excluding carboxylic acids is 1. The van der Waals surface area contributed by atoms with Gasteiger partial charge in [-0.2, -0.15) is 0 Å². The van der Waals surface area contributed by atoms with Gasteiger partial charge in [-0.05, 0) is 12.1 Å². The fourth-order valence-electron chi connectivity index (χ4n) is 1.16. The van der Waals surface area contributed by atoms with Crippen molar-refractivity contribution >= 4 is 23.4 Å². The van der Waals surface area contributed by atoms with Crippen LogP contribution in [0.2, 0.25) is 0 Å². The van der Waals surface area contributed by atoms with Gasteiger partial charge >= 0.3 is 0 Å². The van der Waals surface area contributed by atoms with Crippen molar-refractivity contribution in [3.63, 3.8) is 0 Å². The molecule has 0 bridgehead atoms. The predicted octanol–water partition coefficient (Wildman–Crippen LogP) is 3.15. The summed E-state index contributed by atoms with van der Waals surface area (Å²) in [5.74, 6) is 0.996. The van der Waals surface area contributed by atoms with Crippen LogP contribution >= 0.6 is 11.8 Å². The van der Waals surface area contributed by atoms with Gasteiger partial charge in [0.25, 0.3) is 0 Å². The minimum Gasteiger partial charge on any atom is -0.325 e. The number of nitrogens with one attached hydrogen (secondary N) is 1. The lowest BCUT2D eigenvalue weighted by Crippen LogP contribution is -2.09. The average Bonchev–Trinajstić information content (AvgIpc) is 2.41. The Hall–Kier alpha value is -0.960. The molecule has 0 fully saturated rings. The number of fused-ring (bicyclic) bond motifs is 1. The number of anilines is 1. The topological polar surface area (TPSA) is 29.1 Å². The molecule has 3 heteroatoms. The largest absolute Gasteiger partial charge is 0.325 e. The zero-order chi connectivity index (χ0) is 10.4. The molecule has 0 radical (unpaired) electrons. The molecule has 1 N–H and O–H groups in total. The summed E-state index contributed by atoms with van der Waals surface area (Å²) in [6.07, 6.45) is 0.610. The fourth-order valence-corrected chi connectivity index (χ4v) is 2.12. The van der Waals surface area contributed by atoms with E-state index in [0.29, 0.717) is 6.42 Å². The van der Waals surface area contributed by atoms with Crippen LogP contribution in [0.1, 0.15) is 20.3 Å². The van der Waals surface area contributed by atoms with Crippen LogP contribution in [-0.4, -0.2) is 11.7 Å². The molecule has 1 aromatic rings. The Morgan fingerprint density at radius 3 is 2.79 bits per heavy atom. The van der Waals surface area contributed by atoms with E-state index in [4.69, 9.17) is 0 Å². The first kappa shape index (κ1) is 11.1. The normalized spacial score (nSPS) is 14.3. The molecule has 1 aliphatic heterocycles. The maximum atomic E-state index is 11.1. The van der Waals surface area contributed by atoms with Gasteiger partial charge in [-0.25, -0.2) is 0 Å². The number of hydrogen-bond acceptors (Lipinski definition) is 2. The van der Waals surface area contributed by atoms with Gasteiger partial charge < -0.3 is 5.32 Å². The molecular formula is C11H15NOS. The van der Waals surface area contributed by atoms with Crippen LogP contribution in [0.3, 0.4) is 0 Å². The third-order valence-electron chi connectivity index (χ3n) is 1.75. The maximum Gasteiger partial charge on any atom is 0.225 e. The SMILES string of the molecule is CC.O=C1CCSc2ccccc2N1. The fraction of sp³-hybridized carbons (Fsp3) is 0.364. The summed E-state index contributed by atoms with van der Waals surface area (Å²) >= 11 is 1.73. The van der Waals surface area contributed by atoms with E-state index in [9.17, 15) is 4.79 Å². The molecule has 0 spiro atoms. The van der Waals surface area contributed by atoms with Crippen LogP contribution in [0.4, 0.5) is 5.69 Å². The molecule has 1 aromatic carbocycles. The summed E-state index contributed by atoms with van der Waals surface area (Å²) in [4.78, 5) is 12.3. The first-order valence-corrected chi connectivity index (χ1v) is 5.86. The number of para-hydroxylation sites is 1. The molecule has 2 rings (SSSR count). The van der Waals surface area contributed by atoms with Crippen LogP contribution in [0, 0.1) is 0 Å². The molecule has 14 heavy (non-hydrogen) atoms. The average molecular weight is 209 g/mol. The lowest BCUT2D eigenvalue weighted by molar-refractivity contribution is -0.115. The van der Waals surface area contributed by atoms with Crippen LogP contribution in [0.15, 0.2) is 29.2 Å². The lowest BCUT2D eigenvalue weighted by Gasteiger charge is -2.03. The van der Waals surface area contributed by atoms with E-state index in [-0.39, 0.29) is 5.91 Å². The molecule has 1 heterocycles. The molecule has 0 atom stereocenters. The van der Waals surface area contributed by atoms with Crippen molar-refractivity contribution in [2.75, 3.05) is 11.1 Å². The van der Waals surface area contributed by atoms with Crippen molar-refractivity contribution in [2.24, 2.45) is 0 Å². The first-order valence-electron chi connectivity index (χ1n) is 4.88. The van der Waals surface area contributed by atoms with Gasteiger partial charge in [0, 0.05) is 17.1 Å². The van der Waals surface area contributed by atoms with Gasteiger partial charge in [0.2, 0.25) is 5.91 Å². The highest BCUT2D eigenvalue weighted by Crippen LogP contribution is 2.29. The second-order valence-electron chi connectivity index (χ2n) is 2.64. The third-order valence-corrected chi connectivity index (χ3v) is 2.82. The second-order valence-corrected chi connectivity index (χ2v) is 3.78. The molecule has 0 unspecified atom stereocenters. The molecule has 0 saturated heterocycles. The summed E-state index contributed by atoms with van der Waals surface area (Å²) in [5, 5.41) is 2.86. The lowest BCUT2D eigenvalue weighted by atomic mass is 10.3. The molecule has 76 valence electrons.